The average molecular weight is 739 g/mol. The zero-order valence-electron chi connectivity index (χ0n) is 28.4. The minimum atomic E-state index is -0.942. The van der Waals surface area contributed by atoms with Crippen molar-refractivity contribution in [2.75, 3.05) is 20.6 Å². The topological polar surface area (TPSA) is 127 Å². The smallest absolute Gasteiger partial charge is 0.408 e. The maximum absolute atomic E-state index is 17.5. The predicted octanol–water partition coefficient (Wildman–Crippen LogP) is 7.87. The van der Waals surface area contributed by atoms with Crippen molar-refractivity contribution in [3.63, 3.8) is 0 Å². The normalized spacial score (nSPS) is 24.2. The van der Waals surface area contributed by atoms with Crippen molar-refractivity contribution in [2.45, 2.75) is 56.3 Å². The summed E-state index contributed by atoms with van der Waals surface area (Å²) >= 11 is 13.2. The number of pyridine rings is 2. The molecule has 264 valence electrons. The molecule has 2 N–H and O–H groups in total. The Labute approximate surface area is 308 Å². The van der Waals surface area contributed by atoms with Crippen molar-refractivity contribution in [1.29, 1.82) is 5.26 Å². The summed E-state index contributed by atoms with van der Waals surface area (Å²) in [6.07, 6.45) is 3.63. The summed E-state index contributed by atoms with van der Waals surface area (Å²) in [4.78, 5) is 38.1. The Bertz CT molecular complexity index is 2380. The van der Waals surface area contributed by atoms with Crippen molar-refractivity contribution in [3.05, 3.63) is 81.5 Å². The molecular formula is C39H34Cl2FN7O3. The highest BCUT2D eigenvalue weighted by Gasteiger charge is 2.57. The Morgan fingerprint density at radius 1 is 1.12 bits per heavy atom. The molecule has 52 heavy (non-hydrogen) atoms. The van der Waals surface area contributed by atoms with Crippen LogP contribution in [0.3, 0.4) is 0 Å². The summed E-state index contributed by atoms with van der Waals surface area (Å²) in [6, 6.07) is 14.5. The van der Waals surface area contributed by atoms with Crippen LogP contribution in [-0.2, 0) is 6.42 Å². The maximum atomic E-state index is 17.5. The van der Waals surface area contributed by atoms with Crippen LogP contribution in [0.15, 0.2) is 48.7 Å². The van der Waals surface area contributed by atoms with Crippen LogP contribution in [-0.4, -0.2) is 74.2 Å². The van der Waals surface area contributed by atoms with Gasteiger partial charge in [-0.2, -0.15) is 5.26 Å². The molecule has 6 heterocycles. The number of carbonyl (C=O) groups excluding carboxylic acids is 1. The molecule has 0 radical (unpaired) electrons. The second-order valence-electron chi connectivity index (χ2n) is 14.7. The Kier molecular flexibility index (Phi) is 7.74. The van der Waals surface area contributed by atoms with E-state index in [1.807, 2.05) is 12.1 Å². The fraction of sp³-hybridized carbons (Fsp3) is 0.359. The van der Waals surface area contributed by atoms with Crippen LogP contribution >= 0.6 is 23.2 Å². The van der Waals surface area contributed by atoms with Crippen LogP contribution in [0.25, 0.3) is 44.2 Å². The molecular weight excluding hydrogens is 704 g/mol. The van der Waals surface area contributed by atoms with E-state index in [4.69, 9.17) is 28.2 Å². The molecule has 0 unspecified atom stereocenters. The number of aromatic nitrogens is 3. The van der Waals surface area contributed by atoms with Crippen LogP contribution in [0.5, 0.6) is 0 Å². The highest BCUT2D eigenvalue weighted by Crippen LogP contribution is 2.57. The first-order valence-corrected chi connectivity index (χ1v) is 18.3. The second-order valence-corrected chi connectivity index (χ2v) is 15.5. The molecule has 13 heteroatoms. The molecule has 3 aliphatic heterocycles. The van der Waals surface area contributed by atoms with E-state index in [0.717, 1.165) is 36.0 Å². The number of rotatable bonds is 7. The third-order valence-corrected chi connectivity index (χ3v) is 12.4. The fourth-order valence-electron chi connectivity index (χ4n) is 9.05. The van der Waals surface area contributed by atoms with Crippen molar-refractivity contribution in [3.8, 4) is 28.5 Å². The number of amides is 2. The van der Waals surface area contributed by atoms with E-state index >= 15 is 4.39 Å². The van der Waals surface area contributed by atoms with Gasteiger partial charge in [0.25, 0.3) is 5.91 Å². The summed E-state index contributed by atoms with van der Waals surface area (Å²) in [6.45, 7) is 0.841. The average Bonchev–Trinajstić information content (AvgIpc) is 3.54. The molecule has 5 aromatic rings. The van der Waals surface area contributed by atoms with Crippen molar-refractivity contribution in [2.24, 2.45) is 11.8 Å². The van der Waals surface area contributed by atoms with Gasteiger partial charge in [0.05, 0.1) is 39.4 Å². The number of nitrogens with one attached hydrogen (secondary N) is 1. The number of halogens is 3. The molecule has 10 rings (SSSR count). The Balaban J connectivity index is 1.38. The lowest BCUT2D eigenvalue weighted by molar-refractivity contribution is 0.0822. The molecule has 2 amide bonds. The number of aryl methyl sites for hydroxylation is 1. The molecule has 2 bridgehead atoms. The quantitative estimate of drug-likeness (QED) is 0.174. The summed E-state index contributed by atoms with van der Waals surface area (Å²) in [5.41, 5.74) is 4.28. The van der Waals surface area contributed by atoms with E-state index in [1.165, 1.54) is 4.90 Å². The van der Waals surface area contributed by atoms with Gasteiger partial charge in [0, 0.05) is 78.5 Å². The summed E-state index contributed by atoms with van der Waals surface area (Å²) in [5, 5.41) is 25.5. The van der Waals surface area contributed by atoms with E-state index in [9.17, 15) is 20.0 Å². The lowest BCUT2D eigenvalue weighted by atomic mass is 9.79. The molecule has 10 nitrogen and oxygen atoms in total. The maximum Gasteiger partial charge on any atom is 0.408 e. The van der Waals surface area contributed by atoms with Gasteiger partial charge in [0.15, 0.2) is 5.82 Å². The number of hydrogen-bond acceptors (Lipinski definition) is 6. The number of fused-ring (bicyclic) bond motifs is 5. The van der Waals surface area contributed by atoms with Crippen LogP contribution in [0, 0.1) is 29.0 Å². The van der Waals surface area contributed by atoms with Gasteiger partial charge in [-0.25, -0.2) is 14.2 Å². The monoisotopic (exact) mass is 737 g/mol. The first kappa shape index (κ1) is 33.1. The molecule has 2 aromatic carbocycles. The first-order valence-electron chi connectivity index (χ1n) is 17.5. The number of carboxylic acid groups (broad SMARTS) is 1. The van der Waals surface area contributed by atoms with Gasteiger partial charge in [-0.15, -0.1) is 0 Å². The van der Waals surface area contributed by atoms with E-state index in [-0.39, 0.29) is 69.7 Å². The molecule has 3 saturated heterocycles. The lowest BCUT2D eigenvalue weighted by Gasteiger charge is -2.39. The molecule has 5 fully saturated rings. The van der Waals surface area contributed by atoms with Crippen LogP contribution < -0.4 is 5.32 Å². The largest absolute Gasteiger partial charge is 0.465 e. The highest BCUT2D eigenvalue weighted by molar-refractivity contribution is 6.43. The van der Waals surface area contributed by atoms with Crippen molar-refractivity contribution < 1.29 is 19.1 Å². The minimum absolute atomic E-state index is 0.00875. The summed E-state index contributed by atoms with van der Waals surface area (Å²) < 4.78 is 19.8. The van der Waals surface area contributed by atoms with Gasteiger partial charge < -0.3 is 19.9 Å². The molecule has 3 aromatic heterocycles. The van der Waals surface area contributed by atoms with Crippen molar-refractivity contribution >= 4 is 57.0 Å². The van der Waals surface area contributed by atoms with Crippen LogP contribution in [0.1, 0.15) is 59.5 Å². The minimum Gasteiger partial charge on any atom is -0.465 e. The number of hydrogen-bond donors (Lipinski definition) is 2. The van der Waals surface area contributed by atoms with Gasteiger partial charge in [0.2, 0.25) is 0 Å². The molecule has 2 aliphatic carbocycles. The molecule has 5 aliphatic rings. The number of carbonyl (C=O) groups is 2. The number of piperidine rings is 1. The highest BCUT2D eigenvalue weighted by atomic mass is 35.5. The molecule has 2 saturated carbocycles. The first-order chi connectivity index (χ1) is 25.1. The number of likely N-dealkylation sites (tertiary alicyclic amines) is 1. The Morgan fingerprint density at radius 2 is 1.94 bits per heavy atom. The predicted molar refractivity (Wildman–Crippen MR) is 196 cm³/mol. The van der Waals surface area contributed by atoms with Crippen LogP contribution in [0.2, 0.25) is 10.0 Å². The van der Waals surface area contributed by atoms with Gasteiger partial charge in [-0.3, -0.25) is 14.7 Å². The van der Waals surface area contributed by atoms with E-state index in [1.54, 1.807) is 55.5 Å². The summed E-state index contributed by atoms with van der Waals surface area (Å²) in [5.74, 6) is -0.213. The van der Waals surface area contributed by atoms with Gasteiger partial charge in [0.1, 0.15) is 11.2 Å². The van der Waals surface area contributed by atoms with Gasteiger partial charge >= 0.3 is 6.09 Å². The number of benzene rings is 2. The second kappa shape index (κ2) is 12.2. The fourth-order valence-corrected chi connectivity index (χ4v) is 9.45. The van der Waals surface area contributed by atoms with Crippen LogP contribution in [0.4, 0.5) is 9.18 Å². The van der Waals surface area contributed by atoms with E-state index in [2.05, 4.69) is 20.9 Å². The number of nitrogens with zero attached hydrogens (tertiary/aromatic N) is 6. The van der Waals surface area contributed by atoms with E-state index < -0.39 is 11.9 Å². The SMILES string of the molecule is CN(C)C(=O)c1ccc(-c2nc3c(F)c(-c4cccc(Cl)c4Cl)c(CCC#N)cc3c3c2cc([C@H]2C[C@@H]4C[C@@H]4N2C(=O)O)n3[C@H]2[C@H]3CN[C@@H]2C3)cn1. The third kappa shape index (κ3) is 4.91. The zero-order chi connectivity index (χ0) is 36.2. The van der Waals surface area contributed by atoms with Gasteiger partial charge in [-0.05, 0) is 73.4 Å². The lowest BCUT2D eigenvalue weighted by Crippen LogP contribution is -2.41. The Morgan fingerprint density at radius 3 is 2.62 bits per heavy atom. The molecule has 0 spiro atoms. The Hall–Kier alpha value is -4.76. The van der Waals surface area contributed by atoms with Crippen molar-refractivity contribution in [1.82, 2.24) is 29.7 Å². The zero-order valence-corrected chi connectivity index (χ0v) is 29.9. The standard InChI is InChI=1S/C39H34Cl2FN7O3/c1-47(2)38(50)26-9-8-19(16-44-26)34-24-15-30(29-14-20-13-28(20)48(29)39(51)52)49(36-21-12-27(36)45-17-21)37(24)23-11-18(5-4-10-43)31(33(42)35(23)46-34)22-6-3-7-25(40)32(22)41/h3,6-9,11,15-16,20-21,27-29,36,45H,4-5,12-14,17H2,1-2H3,(H,51,52)/t20-,21+,27+,28-,29+,36-/m0/s1. The van der Waals surface area contributed by atoms with Gasteiger partial charge in [-0.1, -0.05) is 35.3 Å². The summed E-state index contributed by atoms with van der Waals surface area (Å²) in [7, 11) is 3.31. The van der Waals surface area contributed by atoms with E-state index in [0.29, 0.717) is 46.0 Å². The number of nitriles is 1. The third-order valence-electron chi connectivity index (χ3n) is 11.6. The molecule has 6 atom stereocenters.